The van der Waals surface area contributed by atoms with Gasteiger partial charge in [-0.25, -0.2) is 4.79 Å². The van der Waals surface area contributed by atoms with Crippen molar-refractivity contribution in [1.82, 2.24) is 10.2 Å². The second kappa shape index (κ2) is 7.11. The standard InChI is InChI=1S/C22H22N2O4/c1-2-28-17-11-9-16(10-12-17)19(25)14-24-20(26)22(23-21(24)27)13-5-7-15-6-3-4-8-18(15)22/h3-4,6,8-12H,2,5,7,13-14H2,1H3,(H,23,27). The molecule has 2 aromatic carbocycles. The summed E-state index contributed by atoms with van der Waals surface area (Å²) in [4.78, 5) is 39.5. The highest BCUT2D eigenvalue weighted by molar-refractivity contribution is 6.11. The highest BCUT2D eigenvalue weighted by Gasteiger charge is 2.54. The van der Waals surface area contributed by atoms with Crippen molar-refractivity contribution >= 4 is 17.7 Å². The molecule has 0 radical (unpaired) electrons. The van der Waals surface area contributed by atoms with Crippen LogP contribution in [0.4, 0.5) is 4.79 Å². The molecule has 1 heterocycles. The first-order valence-electron chi connectivity index (χ1n) is 9.54. The molecular weight excluding hydrogens is 356 g/mol. The molecule has 1 saturated heterocycles. The fourth-order valence-corrected chi connectivity index (χ4v) is 4.09. The number of aryl methyl sites for hydroxylation is 1. The quantitative estimate of drug-likeness (QED) is 0.641. The predicted molar refractivity (Wildman–Crippen MR) is 103 cm³/mol. The lowest BCUT2D eigenvalue weighted by molar-refractivity contribution is -0.131. The molecule has 2 aromatic rings. The van der Waals surface area contributed by atoms with Crippen LogP contribution in [0.2, 0.25) is 0 Å². The average Bonchev–Trinajstić information content (AvgIpc) is 2.94. The summed E-state index contributed by atoms with van der Waals surface area (Å²) in [7, 11) is 0. The summed E-state index contributed by atoms with van der Waals surface area (Å²) in [6.07, 6.45) is 2.23. The molecule has 3 amide bonds. The Kier molecular flexibility index (Phi) is 4.63. The van der Waals surface area contributed by atoms with E-state index in [1.165, 1.54) is 0 Å². The number of carbonyl (C=O) groups excluding carboxylic acids is 3. The van der Waals surface area contributed by atoms with Crippen molar-refractivity contribution < 1.29 is 19.1 Å². The summed E-state index contributed by atoms with van der Waals surface area (Å²) in [6, 6.07) is 13.9. The summed E-state index contributed by atoms with van der Waals surface area (Å²) in [5.41, 5.74) is 1.30. The molecule has 2 aliphatic rings. The summed E-state index contributed by atoms with van der Waals surface area (Å²) < 4.78 is 5.38. The molecule has 0 saturated carbocycles. The Morgan fingerprint density at radius 3 is 2.64 bits per heavy atom. The predicted octanol–water partition coefficient (Wildman–Crippen LogP) is 3.05. The molecule has 28 heavy (non-hydrogen) atoms. The Balaban J connectivity index is 1.56. The Morgan fingerprint density at radius 1 is 1.14 bits per heavy atom. The van der Waals surface area contributed by atoms with E-state index >= 15 is 0 Å². The zero-order valence-corrected chi connectivity index (χ0v) is 15.7. The SMILES string of the molecule is CCOc1ccc(C(=O)CN2C(=O)NC3(CCCc4ccccc43)C2=O)cc1. The maximum atomic E-state index is 13.2. The number of nitrogens with one attached hydrogen (secondary N) is 1. The Labute approximate surface area is 163 Å². The maximum absolute atomic E-state index is 13.2. The average molecular weight is 378 g/mol. The molecule has 144 valence electrons. The van der Waals surface area contributed by atoms with E-state index in [0.717, 1.165) is 28.9 Å². The molecule has 1 unspecified atom stereocenters. The molecule has 6 heteroatoms. The van der Waals surface area contributed by atoms with E-state index in [0.29, 0.717) is 24.3 Å². The van der Waals surface area contributed by atoms with E-state index in [9.17, 15) is 14.4 Å². The van der Waals surface area contributed by atoms with Gasteiger partial charge in [0.2, 0.25) is 0 Å². The minimum atomic E-state index is -1.05. The van der Waals surface area contributed by atoms with Gasteiger partial charge in [-0.3, -0.25) is 14.5 Å². The van der Waals surface area contributed by atoms with Gasteiger partial charge in [0.1, 0.15) is 11.3 Å². The van der Waals surface area contributed by atoms with Crippen molar-refractivity contribution in [2.75, 3.05) is 13.2 Å². The van der Waals surface area contributed by atoms with Gasteiger partial charge in [0, 0.05) is 5.56 Å². The van der Waals surface area contributed by atoms with Crippen molar-refractivity contribution in [2.45, 2.75) is 31.7 Å². The van der Waals surface area contributed by atoms with Gasteiger partial charge in [0.15, 0.2) is 5.78 Å². The van der Waals surface area contributed by atoms with E-state index in [-0.39, 0.29) is 18.2 Å². The number of hydrogen-bond donors (Lipinski definition) is 1. The molecule has 1 N–H and O–H groups in total. The monoisotopic (exact) mass is 378 g/mol. The summed E-state index contributed by atoms with van der Waals surface area (Å²) >= 11 is 0. The molecule has 1 fully saturated rings. The Bertz CT molecular complexity index is 938. The van der Waals surface area contributed by atoms with Crippen LogP contribution in [0.15, 0.2) is 48.5 Å². The molecule has 4 rings (SSSR count). The summed E-state index contributed by atoms with van der Waals surface area (Å²) in [5, 5.41) is 2.87. The molecule has 1 aliphatic heterocycles. The topological polar surface area (TPSA) is 75.7 Å². The number of imide groups is 1. The van der Waals surface area contributed by atoms with Gasteiger partial charge in [-0.05, 0) is 61.6 Å². The van der Waals surface area contributed by atoms with Crippen molar-refractivity contribution in [2.24, 2.45) is 0 Å². The van der Waals surface area contributed by atoms with Crippen LogP contribution in [-0.4, -0.2) is 35.8 Å². The first-order valence-corrected chi connectivity index (χ1v) is 9.54. The molecule has 1 atom stereocenters. The number of ketones is 1. The molecule has 6 nitrogen and oxygen atoms in total. The van der Waals surface area contributed by atoms with Crippen molar-refractivity contribution in [3.05, 3.63) is 65.2 Å². The maximum Gasteiger partial charge on any atom is 0.325 e. The zero-order chi connectivity index (χ0) is 19.7. The second-order valence-electron chi connectivity index (χ2n) is 7.12. The fourth-order valence-electron chi connectivity index (χ4n) is 4.09. The third-order valence-electron chi connectivity index (χ3n) is 5.44. The van der Waals surface area contributed by atoms with Gasteiger partial charge in [0.05, 0.1) is 13.2 Å². The van der Waals surface area contributed by atoms with Crippen molar-refractivity contribution in [1.29, 1.82) is 0 Å². The number of nitrogens with zero attached hydrogens (tertiary/aromatic N) is 1. The first kappa shape index (κ1) is 18.2. The number of Topliss-reactive ketones (excluding diaryl/α,β-unsaturated/α-hetero) is 1. The van der Waals surface area contributed by atoms with Crippen molar-refractivity contribution in [3.63, 3.8) is 0 Å². The van der Waals surface area contributed by atoms with Crippen LogP contribution in [0.5, 0.6) is 5.75 Å². The number of carbonyl (C=O) groups is 3. The smallest absolute Gasteiger partial charge is 0.325 e. The Hall–Kier alpha value is -3.15. The van der Waals surface area contributed by atoms with Crippen molar-refractivity contribution in [3.8, 4) is 5.75 Å². The summed E-state index contributed by atoms with van der Waals surface area (Å²) in [5.74, 6) is 0.0448. The molecule has 0 bridgehead atoms. The minimum Gasteiger partial charge on any atom is -0.494 e. The van der Waals surface area contributed by atoms with Gasteiger partial charge in [-0.2, -0.15) is 0 Å². The first-order chi connectivity index (χ1) is 13.5. The molecule has 0 aromatic heterocycles. The van der Waals surface area contributed by atoms with Gasteiger partial charge in [-0.1, -0.05) is 24.3 Å². The third-order valence-corrected chi connectivity index (χ3v) is 5.44. The van der Waals surface area contributed by atoms with Crippen LogP contribution in [0.25, 0.3) is 0 Å². The lowest BCUT2D eigenvalue weighted by atomic mass is 9.76. The molecular formula is C22H22N2O4. The van der Waals surface area contributed by atoms with Crippen LogP contribution >= 0.6 is 0 Å². The van der Waals surface area contributed by atoms with Crippen LogP contribution in [0.1, 0.15) is 41.3 Å². The number of fused-ring (bicyclic) bond motifs is 2. The van der Waals surface area contributed by atoms with Crippen LogP contribution in [0.3, 0.4) is 0 Å². The summed E-state index contributed by atoms with van der Waals surface area (Å²) in [6.45, 7) is 2.15. The van der Waals surface area contributed by atoms with Gasteiger partial charge < -0.3 is 10.1 Å². The van der Waals surface area contributed by atoms with E-state index in [1.807, 2.05) is 31.2 Å². The van der Waals surface area contributed by atoms with E-state index < -0.39 is 11.6 Å². The van der Waals surface area contributed by atoms with Gasteiger partial charge in [0.25, 0.3) is 5.91 Å². The normalized spacial score (nSPS) is 20.8. The fraction of sp³-hybridized carbons (Fsp3) is 0.318. The minimum absolute atomic E-state index is 0.275. The van der Waals surface area contributed by atoms with Crippen LogP contribution < -0.4 is 10.1 Å². The zero-order valence-electron chi connectivity index (χ0n) is 15.7. The second-order valence-corrected chi connectivity index (χ2v) is 7.12. The number of amides is 3. The number of hydrogen-bond acceptors (Lipinski definition) is 4. The van der Waals surface area contributed by atoms with E-state index in [2.05, 4.69) is 5.32 Å². The number of rotatable bonds is 5. The third kappa shape index (κ3) is 2.95. The van der Waals surface area contributed by atoms with Crippen LogP contribution in [-0.2, 0) is 16.8 Å². The molecule has 1 aliphatic carbocycles. The largest absolute Gasteiger partial charge is 0.494 e. The Morgan fingerprint density at radius 2 is 1.89 bits per heavy atom. The van der Waals surface area contributed by atoms with E-state index in [1.54, 1.807) is 24.3 Å². The highest BCUT2D eigenvalue weighted by Crippen LogP contribution is 2.39. The lowest BCUT2D eigenvalue weighted by Gasteiger charge is -2.33. The molecule has 1 spiro atoms. The lowest BCUT2D eigenvalue weighted by Crippen LogP contribution is -2.46. The van der Waals surface area contributed by atoms with Gasteiger partial charge in [-0.15, -0.1) is 0 Å². The van der Waals surface area contributed by atoms with E-state index in [4.69, 9.17) is 4.74 Å². The number of urea groups is 1. The number of ether oxygens (including phenoxy) is 1. The van der Waals surface area contributed by atoms with Crippen LogP contribution in [0, 0.1) is 0 Å². The highest BCUT2D eigenvalue weighted by atomic mass is 16.5. The number of benzene rings is 2. The van der Waals surface area contributed by atoms with Gasteiger partial charge >= 0.3 is 6.03 Å².